The maximum absolute atomic E-state index is 8.71. The maximum Gasteiger partial charge on any atom is 0.0740 e. The van der Waals surface area contributed by atoms with Crippen LogP contribution < -0.4 is 0 Å². The monoisotopic (exact) mass is 308 g/mol. The summed E-state index contributed by atoms with van der Waals surface area (Å²) >= 11 is 0. The molecule has 0 N–H and O–H groups in total. The molecule has 1 fully saturated rings. The van der Waals surface area contributed by atoms with Crippen LogP contribution in [0.5, 0.6) is 0 Å². The number of hydrogen-bond acceptors (Lipinski definition) is 3. The van der Waals surface area contributed by atoms with E-state index in [4.69, 9.17) is 10.3 Å². The van der Waals surface area contributed by atoms with Crippen LogP contribution in [0.4, 0.5) is 0 Å². The fourth-order valence-corrected chi connectivity index (χ4v) is 2.87. The standard InChI is InChI=1S/C18H20N4O/c19-21-20-13-18(14-23-15-18)22(11-16-7-3-1-4-8-16)12-17-9-5-2-6-10-17/h1-10H,11-15H2. The summed E-state index contributed by atoms with van der Waals surface area (Å²) in [4.78, 5) is 5.31. The molecule has 0 saturated carbocycles. The Morgan fingerprint density at radius 3 is 1.87 bits per heavy atom. The highest BCUT2D eigenvalue weighted by atomic mass is 16.5. The normalized spacial score (nSPS) is 15.7. The van der Waals surface area contributed by atoms with Crippen LogP contribution in [0.3, 0.4) is 0 Å². The van der Waals surface area contributed by atoms with Crippen molar-refractivity contribution in [3.05, 3.63) is 82.2 Å². The highest BCUT2D eigenvalue weighted by Crippen LogP contribution is 2.29. The second-order valence-electron chi connectivity index (χ2n) is 5.93. The number of hydrogen-bond donors (Lipinski definition) is 0. The maximum atomic E-state index is 8.71. The van der Waals surface area contributed by atoms with Crippen LogP contribution in [0.25, 0.3) is 10.4 Å². The number of azide groups is 1. The van der Waals surface area contributed by atoms with E-state index < -0.39 is 0 Å². The van der Waals surface area contributed by atoms with E-state index in [9.17, 15) is 0 Å². The third-order valence-corrected chi connectivity index (χ3v) is 4.27. The van der Waals surface area contributed by atoms with Crippen molar-refractivity contribution in [2.45, 2.75) is 18.6 Å². The zero-order valence-corrected chi connectivity index (χ0v) is 13.0. The highest BCUT2D eigenvalue weighted by Gasteiger charge is 2.43. The van der Waals surface area contributed by atoms with Crippen molar-refractivity contribution < 1.29 is 4.74 Å². The smallest absolute Gasteiger partial charge is 0.0740 e. The van der Waals surface area contributed by atoms with Gasteiger partial charge in [-0.1, -0.05) is 65.8 Å². The average Bonchev–Trinajstić information content (AvgIpc) is 2.56. The summed E-state index contributed by atoms with van der Waals surface area (Å²) in [6.45, 7) is 3.25. The van der Waals surface area contributed by atoms with Gasteiger partial charge in [-0.2, -0.15) is 0 Å². The molecular weight excluding hydrogens is 288 g/mol. The van der Waals surface area contributed by atoms with Crippen LogP contribution in [-0.4, -0.2) is 30.2 Å². The number of benzene rings is 2. The topological polar surface area (TPSA) is 61.2 Å². The van der Waals surface area contributed by atoms with Gasteiger partial charge in [-0.05, 0) is 16.7 Å². The lowest BCUT2D eigenvalue weighted by Crippen LogP contribution is -2.63. The summed E-state index contributed by atoms with van der Waals surface area (Å²) in [7, 11) is 0. The second kappa shape index (κ2) is 7.29. The quantitative estimate of drug-likeness (QED) is 0.444. The Kier molecular flexibility index (Phi) is 4.93. The molecule has 2 aromatic carbocycles. The molecular formula is C18H20N4O. The molecule has 1 heterocycles. The lowest BCUT2D eigenvalue weighted by Gasteiger charge is -2.49. The lowest BCUT2D eigenvalue weighted by molar-refractivity contribution is -0.142. The molecule has 2 aromatic rings. The van der Waals surface area contributed by atoms with Crippen LogP contribution in [0.1, 0.15) is 11.1 Å². The predicted molar refractivity (Wildman–Crippen MR) is 89.7 cm³/mol. The Morgan fingerprint density at radius 1 is 0.957 bits per heavy atom. The van der Waals surface area contributed by atoms with Gasteiger partial charge in [-0.15, -0.1) is 0 Å². The van der Waals surface area contributed by atoms with Crippen molar-refractivity contribution in [1.82, 2.24) is 4.90 Å². The van der Waals surface area contributed by atoms with E-state index in [1.807, 2.05) is 36.4 Å². The van der Waals surface area contributed by atoms with Crippen molar-refractivity contribution in [3.8, 4) is 0 Å². The third kappa shape index (κ3) is 3.71. The van der Waals surface area contributed by atoms with Gasteiger partial charge in [0.25, 0.3) is 0 Å². The fraction of sp³-hybridized carbons (Fsp3) is 0.333. The first kappa shape index (κ1) is 15.6. The highest BCUT2D eigenvalue weighted by molar-refractivity contribution is 5.19. The van der Waals surface area contributed by atoms with E-state index in [1.165, 1.54) is 11.1 Å². The third-order valence-electron chi connectivity index (χ3n) is 4.27. The van der Waals surface area contributed by atoms with Gasteiger partial charge in [0.15, 0.2) is 0 Å². The Morgan fingerprint density at radius 2 is 1.48 bits per heavy atom. The molecule has 5 nitrogen and oxygen atoms in total. The molecule has 23 heavy (non-hydrogen) atoms. The molecule has 0 atom stereocenters. The molecule has 0 aromatic heterocycles. The zero-order valence-electron chi connectivity index (χ0n) is 13.0. The van der Waals surface area contributed by atoms with Gasteiger partial charge in [-0.3, -0.25) is 4.90 Å². The van der Waals surface area contributed by atoms with E-state index in [-0.39, 0.29) is 5.54 Å². The molecule has 0 unspecified atom stereocenters. The Labute approximate surface area is 136 Å². The minimum absolute atomic E-state index is 0.210. The van der Waals surface area contributed by atoms with Gasteiger partial charge >= 0.3 is 0 Å². The molecule has 0 radical (unpaired) electrons. The average molecular weight is 308 g/mol. The minimum Gasteiger partial charge on any atom is -0.377 e. The van der Waals surface area contributed by atoms with Crippen molar-refractivity contribution >= 4 is 0 Å². The molecule has 1 aliphatic heterocycles. The van der Waals surface area contributed by atoms with Gasteiger partial charge in [0.05, 0.1) is 18.8 Å². The molecule has 5 heteroatoms. The van der Waals surface area contributed by atoms with Crippen molar-refractivity contribution in [2.75, 3.05) is 19.8 Å². The molecule has 0 amide bonds. The molecule has 0 spiro atoms. The summed E-state index contributed by atoms with van der Waals surface area (Å²) in [5.41, 5.74) is 11.0. The van der Waals surface area contributed by atoms with Gasteiger partial charge < -0.3 is 4.74 Å². The first-order chi connectivity index (χ1) is 11.3. The first-order valence-corrected chi connectivity index (χ1v) is 7.74. The predicted octanol–water partition coefficient (Wildman–Crippen LogP) is 3.77. The van der Waals surface area contributed by atoms with E-state index in [0.29, 0.717) is 19.8 Å². The summed E-state index contributed by atoms with van der Waals surface area (Å²) in [6.07, 6.45) is 0. The van der Waals surface area contributed by atoms with Crippen LogP contribution in [0.15, 0.2) is 65.8 Å². The zero-order chi connectivity index (χ0) is 16.0. The van der Waals surface area contributed by atoms with Crippen LogP contribution in [0, 0.1) is 0 Å². The summed E-state index contributed by atoms with van der Waals surface area (Å²) in [5, 5.41) is 3.83. The van der Waals surface area contributed by atoms with Crippen LogP contribution in [-0.2, 0) is 17.8 Å². The van der Waals surface area contributed by atoms with Gasteiger partial charge in [0.2, 0.25) is 0 Å². The van der Waals surface area contributed by atoms with E-state index in [1.54, 1.807) is 0 Å². The van der Waals surface area contributed by atoms with Crippen molar-refractivity contribution in [1.29, 1.82) is 0 Å². The second-order valence-corrected chi connectivity index (χ2v) is 5.93. The Hall–Kier alpha value is -2.33. The van der Waals surface area contributed by atoms with E-state index in [0.717, 1.165) is 13.1 Å². The van der Waals surface area contributed by atoms with E-state index in [2.05, 4.69) is 39.2 Å². The molecule has 0 bridgehead atoms. The number of rotatable bonds is 7. The molecule has 0 aliphatic carbocycles. The van der Waals surface area contributed by atoms with Crippen molar-refractivity contribution in [3.63, 3.8) is 0 Å². The minimum atomic E-state index is -0.210. The molecule has 118 valence electrons. The summed E-state index contributed by atoms with van der Waals surface area (Å²) < 4.78 is 5.47. The molecule has 3 rings (SSSR count). The van der Waals surface area contributed by atoms with Crippen LogP contribution in [0.2, 0.25) is 0 Å². The SMILES string of the molecule is [N-]=[N+]=NCC1(N(Cc2ccccc2)Cc2ccccc2)COC1. The summed E-state index contributed by atoms with van der Waals surface area (Å²) in [6, 6.07) is 20.7. The van der Waals surface area contributed by atoms with E-state index >= 15 is 0 Å². The first-order valence-electron chi connectivity index (χ1n) is 7.74. The Bertz CT molecular complexity index is 622. The van der Waals surface area contributed by atoms with Gasteiger partial charge in [0.1, 0.15) is 0 Å². The molecule has 1 aliphatic rings. The summed E-state index contributed by atoms with van der Waals surface area (Å²) in [5.74, 6) is 0. The van der Waals surface area contributed by atoms with Crippen LogP contribution >= 0.6 is 0 Å². The number of ether oxygens (including phenoxy) is 1. The lowest BCUT2D eigenvalue weighted by atomic mass is 9.93. The van der Waals surface area contributed by atoms with Gasteiger partial charge in [0, 0.05) is 24.5 Å². The Balaban J connectivity index is 1.84. The fourth-order valence-electron chi connectivity index (χ4n) is 2.87. The largest absolute Gasteiger partial charge is 0.377 e. The number of nitrogens with zero attached hydrogens (tertiary/aromatic N) is 4. The van der Waals surface area contributed by atoms with Gasteiger partial charge in [-0.25, -0.2) is 0 Å². The van der Waals surface area contributed by atoms with Crippen molar-refractivity contribution in [2.24, 2.45) is 5.11 Å². The molecule has 1 saturated heterocycles.